The maximum Gasteiger partial charge on any atom is 0.270 e. The van der Waals surface area contributed by atoms with Gasteiger partial charge in [-0.25, -0.2) is 9.67 Å². The summed E-state index contributed by atoms with van der Waals surface area (Å²) in [6.07, 6.45) is 7.58. The molecule has 1 aromatic carbocycles. The van der Waals surface area contributed by atoms with E-state index in [9.17, 15) is 9.59 Å². The Balaban J connectivity index is 1.60. The van der Waals surface area contributed by atoms with E-state index in [1.807, 2.05) is 6.07 Å². The number of aliphatic imine (C=N–C) groups is 1. The Morgan fingerprint density at radius 2 is 1.95 bits per heavy atom. The number of nitrogens with zero attached hydrogens (tertiary/aromatic N) is 6. The average molecular weight is 533 g/mol. The number of pyridine rings is 1. The second-order valence-corrected chi connectivity index (χ2v) is 8.68. The molecule has 4 aromatic heterocycles. The monoisotopic (exact) mass is 532 g/mol. The van der Waals surface area contributed by atoms with E-state index in [0.29, 0.717) is 11.3 Å². The lowest BCUT2D eigenvalue weighted by Gasteiger charge is -2.18. The van der Waals surface area contributed by atoms with Crippen molar-refractivity contribution in [3.05, 3.63) is 107 Å². The summed E-state index contributed by atoms with van der Waals surface area (Å²) >= 11 is 0. The normalized spacial score (nSPS) is 11.8. The van der Waals surface area contributed by atoms with Crippen LogP contribution in [0.3, 0.4) is 0 Å². The Bertz CT molecular complexity index is 1870. The van der Waals surface area contributed by atoms with Gasteiger partial charge in [0.15, 0.2) is 11.6 Å². The summed E-state index contributed by atoms with van der Waals surface area (Å²) in [5, 5.41) is 7.21. The number of amides is 1. The number of nitrogens with two attached hydrogens (primary N) is 1. The summed E-state index contributed by atoms with van der Waals surface area (Å²) in [6.45, 7) is 5.31. The van der Waals surface area contributed by atoms with Gasteiger partial charge in [-0.15, -0.1) is 0 Å². The van der Waals surface area contributed by atoms with Gasteiger partial charge in [0, 0.05) is 31.2 Å². The minimum Gasteiger partial charge on any atom is -0.445 e. The van der Waals surface area contributed by atoms with Gasteiger partial charge in [0.1, 0.15) is 23.0 Å². The number of nitrogen functional groups attached to an aromatic ring is 1. The minimum atomic E-state index is -0.753. The molecular weight excluding hydrogens is 508 g/mol. The summed E-state index contributed by atoms with van der Waals surface area (Å²) in [4.78, 5) is 40.2. The van der Waals surface area contributed by atoms with E-state index in [1.165, 1.54) is 27.8 Å². The molecule has 0 saturated carbocycles. The second-order valence-electron chi connectivity index (χ2n) is 8.68. The lowest BCUT2D eigenvalue weighted by atomic mass is 10.2. The zero-order valence-electron chi connectivity index (χ0n) is 21.7. The summed E-state index contributed by atoms with van der Waals surface area (Å²) in [6, 6.07) is 11.8. The Kier molecular flexibility index (Phi) is 7.07. The van der Waals surface area contributed by atoms with Crippen LogP contribution in [0.5, 0.6) is 0 Å². The molecule has 198 valence electrons. The molecule has 40 heavy (non-hydrogen) atoms. The van der Waals surface area contributed by atoms with Crippen LogP contribution in [0.4, 0.5) is 11.6 Å². The number of para-hydroxylation sites is 1. The van der Waals surface area contributed by atoms with Crippen molar-refractivity contribution in [1.29, 1.82) is 0 Å². The molecule has 0 radical (unpaired) electrons. The molecule has 0 aliphatic rings. The first-order chi connectivity index (χ1) is 19.4. The van der Waals surface area contributed by atoms with Crippen molar-refractivity contribution in [2.75, 3.05) is 5.73 Å². The number of anilines is 1. The Labute approximate surface area is 228 Å². The van der Waals surface area contributed by atoms with Crippen LogP contribution >= 0.6 is 0 Å². The van der Waals surface area contributed by atoms with Gasteiger partial charge in [0.25, 0.3) is 11.5 Å². The fourth-order valence-corrected chi connectivity index (χ4v) is 4.15. The molecule has 3 N–H and O–H groups in total. The van der Waals surface area contributed by atoms with Crippen LogP contribution in [0.1, 0.15) is 40.3 Å². The molecule has 11 heteroatoms. The molecule has 0 spiro atoms. The van der Waals surface area contributed by atoms with Crippen LogP contribution in [0.15, 0.2) is 88.0 Å². The number of benzene rings is 1. The number of rotatable bonds is 6. The van der Waals surface area contributed by atoms with Crippen molar-refractivity contribution in [3.63, 3.8) is 0 Å². The van der Waals surface area contributed by atoms with Gasteiger partial charge in [-0.3, -0.25) is 19.1 Å². The summed E-state index contributed by atoms with van der Waals surface area (Å²) in [5.41, 5.74) is 7.52. The zero-order chi connectivity index (χ0) is 28.2. The number of aromatic nitrogens is 5. The molecule has 1 atom stereocenters. The Morgan fingerprint density at radius 3 is 2.67 bits per heavy atom. The van der Waals surface area contributed by atoms with Crippen molar-refractivity contribution < 1.29 is 9.21 Å². The smallest absolute Gasteiger partial charge is 0.270 e. The topological polar surface area (TPSA) is 146 Å². The molecule has 4 heterocycles. The molecule has 0 saturated heterocycles. The van der Waals surface area contributed by atoms with Crippen LogP contribution in [-0.4, -0.2) is 36.4 Å². The molecule has 1 unspecified atom stereocenters. The van der Waals surface area contributed by atoms with Crippen molar-refractivity contribution >= 4 is 34.9 Å². The van der Waals surface area contributed by atoms with E-state index in [0.717, 1.165) is 5.56 Å². The van der Waals surface area contributed by atoms with Crippen LogP contribution in [-0.2, 0) is 7.05 Å². The highest BCUT2D eigenvalue weighted by molar-refractivity contribution is 6.03. The molecule has 11 nitrogen and oxygen atoms in total. The highest BCUT2D eigenvalue weighted by Crippen LogP contribution is 2.26. The van der Waals surface area contributed by atoms with E-state index < -0.39 is 17.5 Å². The van der Waals surface area contributed by atoms with Gasteiger partial charge in [-0.1, -0.05) is 42.7 Å². The summed E-state index contributed by atoms with van der Waals surface area (Å²) in [5.74, 6) is 6.00. The van der Waals surface area contributed by atoms with Crippen molar-refractivity contribution in [2.24, 2.45) is 12.0 Å². The maximum atomic E-state index is 13.9. The van der Waals surface area contributed by atoms with E-state index in [1.54, 1.807) is 62.8 Å². The molecule has 5 aromatic rings. The SMILES string of the molecule is C=C/C=N\c1c(C(=O)NC(C)c2nc3occ(C#Cc4ccncc4)c3c(=O)n2-c2ccccc2)c(N)nn1C. The number of nitrogens with one attached hydrogen (secondary N) is 1. The molecule has 0 aliphatic carbocycles. The third kappa shape index (κ3) is 4.89. The van der Waals surface area contributed by atoms with Crippen LogP contribution in [0.25, 0.3) is 16.8 Å². The fraction of sp³-hybridized carbons (Fsp3) is 0.103. The average Bonchev–Trinajstić information content (AvgIpc) is 3.50. The molecule has 0 bridgehead atoms. The van der Waals surface area contributed by atoms with Crippen molar-refractivity contribution in [2.45, 2.75) is 13.0 Å². The first kappa shape index (κ1) is 25.9. The van der Waals surface area contributed by atoms with Gasteiger partial charge in [-0.2, -0.15) is 10.1 Å². The number of allylic oxidation sites excluding steroid dienone is 1. The van der Waals surface area contributed by atoms with Crippen LogP contribution in [0, 0.1) is 11.8 Å². The quantitative estimate of drug-likeness (QED) is 0.251. The number of carbonyl (C=O) groups is 1. The lowest BCUT2D eigenvalue weighted by Crippen LogP contribution is -2.33. The third-order valence-corrected chi connectivity index (χ3v) is 5.98. The largest absolute Gasteiger partial charge is 0.445 e. The van der Waals surface area contributed by atoms with Gasteiger partial charge in [0.2, 0.25) is 5.71 Å². The second kappa shape index (κ2) is 10.9. The van der Waals surface area contributed by atoms with E-state index in [4.69, 9.17) is 10.2 Å². The van der Waals surface area contributed by atoms with Crippen LogP contribution in [0.2, 0.25) is 0 Å². The highest BCUT2D eigenvalue weighted by Gasteiger charge is 2.26. The summed E-state index contributed by atoms with van der Waals surface area (Å²) < 4.78 is 8.50. The highest BCUT2D eigenvalue weighted by atomic mass is 16.3. The number of aryl methyl sites for hydroxylation is 1. The fourth-order valence-electron chi connectivity index (χ4n) is 4.15. The Morgan fingerprint density at radius 1 is 1.20 bits per heavy atom. The predicted molar refractivity (Wildman–Crippen MR) is 152 cm³/mol. The first-order valence-corrected chi connectivity index (χ1v) is 12.2. The van der Waals surface area contributed by atoms with E-state index >= 15 is 0 Å². The van der Waals surface area contributed by atoms with Gasteiger partial charge >= 0.3 is 0 Å². The number of carbonyl (C=O) groups excluding carboxylic acids is 1. The van der Waals surface area contributed by atoms with Gasteiger partial charge < -0.3 is 15.5 Å². The van der Waals surface area contributed by atoms with Gasteiger partial charge in [0.05, 0.1) is 17.3 Å². The number of hydrogen-bond donors (Lipinski definition) is 2. The molecule has 0 fully saturated rings. The zero-order valence-corrected chi connectivity index (χ0v) is 21.7. The molecule has 5 rings (SSSR count). The molecule has 1 amide bonds. The van der Waals surface area contributed by atoms with E-state index in [-0.39, 0.29) is 34.1 Å². The molecule has 0 aliphatic heterocycles. The molecular formula is C29H24N8O3. The van der Waals surface area contributed by atoms with E-state index in [2.05, 4.69) is 43.8 Å². The van der Waals surface area contributed by atoms with Crippen molar-refractivity contribution in [1.82, 2.24) is 29.6 Å². The predicted octanol–water partition coefficient (Wildman–Crippen LogP) is 3.47. The number of fused-ring (bicyclic) bond motifs is 1. The maximum absolute atomic E-state index is 13.9. The number of furan rings is 1. The van der Waals surface area contributed by atoms with Crippen LogP contribution < -0.4 is 16.6 Å². The first-order valence-electron chi connectivity index (χ1n) is 12.2. The minimum absolute atomic E-state index is 0.00993. The summed E-state index contributed by atoms with van der Waals surface area (Å²) in [7, 11) is 1.63. The third-order valence-electron chi connectivity index (χ3n) is 5.98. The standard InChI is InChI=1S/C29H24N8O3/c1-4-14-32-26-23(24(30)35-36(26)3)27(38)33-18(2)25-34-28-22(29(39)37(25)21-8-6-5-7-9-21)20(17-40-28)11-10-19-12-15-31-16-13-19/h4-9,12-18H,1H2,2-3H3,(H2,30,35)(H,33,38)/b32-14-. The Hall–Kier alpha value is -5.76. The lowest BCUT2D eigenvalue weighted by molar-refractivity contribution is 0.0939. The van der Waals surface area contributed by atoms with Gasteiger partial charge in [-0.05, 0) is 31.2 Å². The van der Waals surface area contributed by atoms with Crippen molar-refractivity contribution in [3.8, 4) is 17.5 Å². The number of hydrogen-bond acceptors (Lipinski definition) is 8.